The Morgan fingerprint density at radius 1 is 1.31 bits per heavy atom. The molecule has 16 heavy (non-hydrogen) atoms. The molecular weight excluding hydrogens is 212 g/mol. The van der Waals surface area contributed by atoms with Crippen molar-refractivity contribution in [1.82, 2.24) is 0 Å². The number of carbonyl (C=O) groups excluding carboxylic acids is 2. The molecule has 1 unspecified atom stereocenters. The fraction of sp³-hybridized carbons (Fsp3) is 0.273. The smallest absolute Gasteiger partial charge is 0.389 e. The van der Waals surface area contributed by atoms with Gasteiger partial charge in [0.1, 0.15) is 5.75 Å². The summed E-state index contributed by atoms with van der Waals surface area (Å²) in [7, 11) is 1.18. The molecule has 0 aliphatic heterocycles. The van der Waals surface area contributed by atoms with Gasteiger partial charge in [0, 0.05) is 6.92 Å². The van der Waals surface area contributed by atoms with Crippen LogP contribution in [-0.4, -0.2) is 25.3 Å². The van der Waals surface area contributed by atoms with E-state index >= 15 is 0 Å². The van der Waals surface area contributed by atoms with Crippen molar-refractivity contribution < 1.29 is 23.8 Å². The average molecular weight is 223 g/mol. The minimum absolute atomic E-state index is 0.385. The summed E-state index contributed by atoms with van der Waals surface area (Å²) in [6.45, 7) is 1.18. The second kappa shape index (κ2) is 5.75. The molecule has 0 heterocycles. The molecule has 85 valence electrons. The van der Waals surface area contributed by atoms with Gasteiger partial charge in [0.2, 0.25) is 0 Å². The molecule has 1 rings (SSSR count). The van der Waals surface area contributed by atoms with Gasteiger partial charge in [-0.25, -0.2) is 4.79 Å². The summed E-state index contributed by atoms with van der Waals surface area (Å²) < 4.78 is 14.2. The molecule has 1 radical (unpaired) electrons. The highest BCUT2D eigenvalue weighted by molar-refractivity contribution is 5.77. The van der Waals surface area contributed by atoms with Gasteiger partial charge < -0.3 is 14.2 Å². The Hall–Kier alpha value is -2.04. The molecule has 5 heteroatoms. The molecule has 0 bridgehead atoms. The highest BCUT2D eigenvalue weighted by Crippen LogP contribution is 2.12. The maximum Gasteiger partial charge on any atom is 0.389 e. The summed E-state index contributed by atoms with van der Waals surface area (Å²) in [6, 6.07) is 9.17. The zero-order chi connectivity index (χ0) is 12.0. The van der Waals surface area contributed by atoms with Crippen LogP contribution in [0.4, 0.5) is 0 Å². The zero-order valence-corrected chi connectivity index (χ0v) is 8.93. The van der Waals surface area contributed by atoms with Gasteiger partial charge in [-0.1, -0.05) is 12.1 Å². The fourth-order valence-corrected chi connectivity index (χ4v) is 0.941. The highest BCUT2D eigenvalue weighted by Gasteiger charge is 2.24. The standard InChI is InChI=1S/C11H11O5/c1-8(12)15-11(10(13)14-2)16-9-6-4-3-5-7-9/h4-7,11H,1-2H3. The molecule has 5 nitrogen and oxygen atoms in total. The number of ether oxygens (including phenoxy) is 3. The third-order valence-electron chi connectivity index (χ3n) is 1.60. The lowest BCUT2D eigenvalue weighted by Gasteiger charge is -2.15. The van der Waals surface area contributed by atoms with Crippen molar-refractivity contribution >= 4 is 11.9 Å². The number of hydrogen-bond acceptors (Lipinski definition) is 5. The number of benzene rings is 1. The van der Waals surface area contributed by atoms with Crippen molar-refractivity contribution in [3.63, 3.8) is 0 Å². The minimum Gasteiger partial charge on any atom is -0.463 e. The van der Waals surface area contributed by atoms with E-state index in [2.05, 4.69) is 15.5 Å². The van der Waals surface area contributed by atoms with Crippen LogP contribution in [0.3, 0.4) is 0 Å². The van der Waals surface area contributed by atoms with Gasteiger partial charge in [-0.15, -0.1) is 0 Å². The number of hydrogen-bond donors (Lipinski definition) is 0. The van der Waals surface area contributed by atoms with Crippen molar-refractivity contribution in [3.05, 3.63) is 30.3 Å². The molecule has 0 saturated heterocycles. The Morgan fingerprint density at radius 2 is 1.94 bits per heavy atom. The van der Waals surface area contributed by atoms with Crippen LogP contribution in [-0.2, 0) is 19.1 Å². The summed E-state index contributed by atoms with van der Waals surface area (Å²) in [4.78, 5) is 22.0. The Labute approximate surface area is 92.9 Å². The second-order valence-electron chi connectivity index (χ2n) is 2.82. The molecule has 1 aromatic rings. The predicted molar refractivity (Wildman–Crippen MR) is 53.5 cm³/mol. The van der Waals surface area contributed by atoms with Crippen molar-refractivity contribution in [3.8, 4) is 5.75 Å². The van der Waals surface area contributed by atoms with Crippen LogP contribution >= 0.6 is 0 Å². The quantitative estimate of drug-likeness (QED) is 0.561. The summed E-state index contributed by atoms with van der Waals surface area (Å²) in [6.07, 6.45) is -1.38. The van der Waals surface area contributed by atoms with Gasteiger partial charge in [0.05, 0.1) is 7.11 Å². The van der Waals surface area contributed by atoms with E-state index in [0.29, 0.717) is 5.75 Å². The van der Waals surface area contributed by atoms with E-state index in [1.807, 2.05) is 0 Å². The van der Waals surface area contributed by atoms with E-state index in [9.17, 15) is 9.59 Å². The molecule has 0 aromatic heterocycles. The summed E-state index contributed by atoms with van der Waals surface area (Å²) in [5, 5.41) is 0. The lowest BCUT2D eigenvalue weighted by atomic mass is 10.3. The van der Waals surface area contributed by atoms with Gasteiger partial charge in [0.25, 0.3) is 0 Å². The van der Waals surface area contributed by atoms with Gasteiger partial charge in [0.15, 0.2) is 0 Å². The fourth-order valence-electron chi connectivity index (χ4n) is 0.941. The molecule has 0 amide bonds. The third kappa shape index (κ3) is 3.61. The maximum atomic E-state index is 11.2. The molecule has 0 saturated carbocycles. The lowest BCUT2D eigenvalue weighted by Crippen LogP contribution is -2.33. The summed E-state index contributed by atoms with van der Waals surface area (Å²) >= 11 is 0. The van der Waals surface area contributed by atoms with E-state index < -0.39 is 18.2 Å². The topological polar surface area (TPSA) is 61.8 Å². The normalized spacial score (nSPS) is 11.4. The molecule has 0 fully saturated rings. The zero-order valence-electron chi connectivity index (χ0n) is 8.93. The largest absolute Gasteiger partial charge is 0.463 e. The van der Waals surface area contributed by atoms with E-state index in [0.717, 1.165) is 0 Å². The minimum atomic E-state index is -1.38. The van der Waals surface area contributed by atoms with E-state index in [1.54, 1.807) is 24.3 Å². The van der Waals surface area contributed by atoms with Crippen LogP contribution in [0, 0.1) is 6.07 Å². The van der Waals surface area contributed by atoms with Crippen LogP contribution in [0.25, 0.3) is 0 Å². The highest BCUT2D eigenvalue weighted by atomic mass is 16.7. The monoisotopic (exact) mass is 223 g/mol. The maximum absolute atomic E-state index is 11.2. The first-order valence-corrected chi connectivity index (χ1v) is 4.51. The number of esters is 2. The van der Waals surface area contributed by atoms with Gasteiger partial charge >= 0.3 is 18.2 Å². The molecular formula is C11H11O5. The third-order valence-corrected chi connectivity index (χ3v) is 1.60. The van der Waals surface area contributed by atoms with Gasteiger partial charge in [-0.3, -0.25) is 4.79 Å². The second-order valence-corrected chi connectivity index (χ2v) is 2.82. The van der Waals surface area contributed by atoms with Crippen LogP contribution in [0.15, 0.2) is 24.3 Å². The SMILES string of the molecule is COC(=O)C(OC(C)=O)Oc1cc[c]cc1. The van der Waals surface area contributed by atoms with Crippen molar-refractivity contribution in [2.24, 2.45) is 0 Å². The van der Waals surface area contributed by atoms with Crippen LogP contribution in [0.1, 0.15) is 6.92 Å². The van der Waals surface area contributed by atoms with Crippen LogP contribution in [0.2, 0.25) is 0 Å². The first-order chi connectivity index (χ1) is 7.63. The first kappa shape index (κ1) is 12.0. The number of rotatable bonds is 4. The Kier molecular flexibility index (Phi) is 4.32. The van der Waals surface area contributed by atoms with Crippen molar-refractivity contribution in [2.75, 3.05) is 7.11 Å². The Bertz CT molecular complexity index is 360. The summed E-state index contributed by atoms with van der Waals surface area (Å²) in [5.74, 6) is -1.02. The number of carbonyl (C=O) groups is 2. The van der Waals surface area contributed by atoms with E-state index in [-0.39, 0.29) is 0 Å². The first-order valence-electron chi connectivity index (χ1n) is 4.51. The predicted octanol–water partition coefficient (Wildman–Crippen LogP) is 0.928. The Balaban J connectivity index is 2.70. The lowest BCUT2D eigenvalue weighted by molar-refractivity contribution is -0.183. The van der Waals surface area contributed by atoms with Crippen molar-refractivity contribution in [1.29, 1.82) is 0 Å². The molecule has 0 aliphatic carbocycles. The van der Waals surface area contributed by atoms with Gasteiger partial charge in [-0.05, 0) is 18.2 Å². The van der Waals surface area contributed by atoms with Crippen LogP contribution < -0.4 is 4.74 Å². The molecule has 0 N–H and O–H groups in total. The molecule has 0 aliphatic rings. The van der Waals surface area contributed by atoms with Crippen molar-refractivity contribution in [2.45, 2.75) is 13.2 Å². The van der Waals surface area contributed by atoms with E-state index in [1.165, 1.54) is 14.0 Å². The Morgan fingerprint density at radius 3 is 2.44 bits per heavy atom. The molecule has 0 spiro atoms. The van der Waals surface area contributed by atoms with E-state index in [4.69, 9.17) is 4.74 Å². The molecule has 1 aromatic carbocycles. The van der Waals surface area contributed by atoms with Crippen LogP contribution in [0.5, 0.6) is 5.75 Å². The number of methoxy groups -OCH3 is 1. The van der Waals surface area contributed by atoms with Gasteiger partial charge in [-0.2, -0.15) is 0 Å². The average Bonchev–Trinajstić information content (AvgIpc) is 2.28. The summed E-state index contributed by atoms with van der Waals surface area (Å²) in [5.41, 5.74) is 0. The molecule has 1 atom stereocenters.